The molecule has 4 rings (SSSR count). The summed E-state index contributed by atoms with van der Waals surface area (Å²) in [6.45, 7) is 0. The van der Waals surface area contributed by atoms with Gasteiger partial charge in [-0.2, -0.15) is 5.10 Å². The Bertz CT molecular complexity index is 998. The van der Waals surface area contributed by atoms with Gasteiger partial charge in [0.15, 0.2) is 5.84 Å². The van der Waals surface area contributed by atoms with Gasteiger partial charge in [-0.3, -0.25) is 10.4 Å². The van der Waals surface area contributed by atoms with Gasteiger partial charge in [0.25, 0.3) is 0 Å². The molecule has 0 unspecified atom stereocenters. The summed E-state index contributed by atoms with van der Waals surface area (Å²) in [5, 5.41) is 4.49. The van der Waals surface area contributed by atoms with Crippen molar-refractivity contribution in [1.29, 1.82) is 0 Å². The van der Waals surface area contributed by atoms with Crippen LogP contribution in [0.25, 0.3) is 0 Å². The third-order valence-electron chi connectivity index (χ3n) is 4.02. The number of aromatic nitrogens is 1. The zero-order valence-electron chi connectivity index (χ0n) is 14.0. The molecule has 2 heterocycles. The molecule has 0 spiro atoms. The highest BCUT2D eigenvalue weighted by molar-refractivity contribution is 6.18. The summed E-state index contributed by atoms with van der Waals surface area (Å²) in [6.07, 6.45) is 3.39. The molecule has 2 aromatic carbocycles. The molecule has 5 nitrogen and oxygen atoms in total. The van der Waals surface area contributed by atoms with E-state index in [2.05, 4.69) is 20.5 Å². The van der Waals surface area contributed by atoms with Gasteiger partial charge in [0, 0.05) is 29.1 Å². The molecule has 0 radical (unpaired) electrons. The first-order valence-corrected chi connectivity index (χ1v) is 8.02. The number of methoxy groups -OCH3 is 1. The highest BCUT2D eigenvalue weighted by Crippen LogP contribution is 2.27. The number of nitrogens with one attached hydrogen (secondary N) is 1. The Morgan fingerprint density at radius 1 is 1.00 bits per heavy atom. The second kappa shape index (κ2) is 6.76. The average molecular weight is 346 g/mol. The van der Waals surface area contributed by atoms with Crippen molar-refractivity contribution >= 4 is 17.2 Å². The Labute approximate surface area is 149 Å². The number of hydrogen-bond acceptors (Lipinski definition) is 5. The number of amidine groups is 1. The topological polar surface area (TPSA) is 58.9 Å². The van der Waals surface area contributed by atoms with Crippen LogP contribution in [0.3, 0.4) is 0 Å². The van der Waals surface area contributed by atoms with Crippen LogP contribution in [0, 0.1) is 5.82 Å². The molecule has 1 aromatic heterocycles. The van der Waals surface area contributed by atoms with Crippen LogP contribution in [0.2, 0.25) is 0 Å². The predicted octanol–water partition coefficient (Wildman–Crippen LogP) is 3.66. The molecule has 0 fully saturated rings. The largest absolute Gasteiger partial charge is 0.497 e. The van der Waals surface area contributed by atoms with Crippen molar-refractivity contribution in [2.75, 3.05) is 7.11 Å². The van der Waals surface area contributed by atoms with E-state index >= 15 is 0 Å². The van der Waals surface area contributed by atoms with E-state index in [0.717, 1.165) is 16.9 Å². The molecular formula is C20H15FN4O. The molecule has 6 heteroatoms. The van der Waals surface area contributed by atoms with E-state index in [-0.39, 0.29) is 5.82 Å². The second-order valence-electron chi connectivity index (χ2n) is 5.66. The third kappa shape index (κ3) is 3.04. The number of benzene rings is 2. The fourth-order valence-corrected chi connectivity index (χ4v) is 2.71. The van der Waals surface area contributed by atoms with Crippen LogP contribution in [0.15, 0.2) is 77.1 Å². The SMILES string of the molecule is COc1ccc(C2=NNC(c3cccnc3)=Nc3ccc(F)cc32)cc1. The Morgan fingerprint density at radius 3 is 2.58 bits per heavy atom. The summed E-state index contributed by atoms with van der Waals surface area (Å²) < 4.78 is 19.1. The number of ether oxygens (including phenoxy) is 1. The molecule has 1 aliphatic rings. The van der Waals surface area contributed by atoms with Crippen molar-refractivity contribution in [3.63, 3.8) is 0 Å². The fraction of sp³-hybridized carbons (Fsp3) is 0.0500. The number of pyridine rings is 1. The molecule has 0 bridgehead atoms. The van der Waals surface area contributed by atoms with Crippen LogP contribution in [0.1, 0.15) is 16.7 Å². The normalized spacial score (nSPS) is 13.0. The third-order valence-corrected chi connectivity index (χ3v) is 4.02. The summed E-state index contributed by atoms with van der Waals surface area (Å²) in [4.78, 5) is 8.73. The second-order valence-corrected chi connectivity index (χ2v) is 5.66. The molecule has 0 aliphatic carbocycles. The fourth-order valence-electron chi connectivity index (χ4n) is 2.71. The molecule has 0 amide bonds. The van der Waals surface area contributed by atoms with Gasteiger partial charge in [-0.25, -0.2) is 9.38 Å². The molecule has 128 valence electrons. The lowest BCUT2D eigenvalue weighted by molar-refractivity contribution is 0.415. The Hall–Kier alpha value is -3.54. The van der Waals surface area contributed by atoms with E-state index in [1.165, 1.54) is 12.1 Å². The van der Waals surface area contributed by atoms with Crippen molar-refractivity contribution in [1.82, 2.24) is 10.4 Å². The maximum atomic E-state index is 13.9. The van der Waals surface area contributed by atoms with E-state index in [9.17, 15) is 4.39 Å². The van der Waals surface area contributed by atoms with Gasteiger partial charge in [0.1, 0.15) is 17.3 Å². The van der Waals surface area contributed by atoms with Crippen LogP contribution in [-0.2, 0) is 0 Å². The minimum absolute atomic E-state index is 0.343. The highest BCUT2D eigenvalue weighted by Gasteiger charge is 2.18. The number of hydrogen-bond donors (Lipinski definition) is 1. The van der Waals surface area contributed by atoms with Crippen LogP contribution in [0.5, 0.6) is 5.75 Å². The monoisotopic (exact) mass is 346 g/mol. The number of rotatable bonds is 3. The lowest BCUT2D eigenvalue weighted by Crippen LogP contribution is -2.19. The van der Waals surface area contributed by atoms with Crippen LogP contribution in [-0.4, -0.2) is 23.6 Å². The number of aliphatic imine (C=N–C) groups is 1. The zero-order chi connectivity index (χ0) is 17.9. The van der Waals surface area contributed by atoms with E-state index in [4.69, 9.17) is 4.74 Å². The van der Waals surface area contributed by atoms with Gasteiger partial charge in [-0.15, -0.1) is 0 Å². The molecule has 0 atom stereocenters. The zero-order valence-corrected chi connectivity index (χ0v) is 14.0. The average Bonchev–Trinajstić information content (AvgIpc) is 2.88. The van der Waals surface area contributed by atoms with E-state index in [0.29, 0.717) is 22.8 Å². The van der Waals surface area contributed by atoms with Crippen molar-refractivity contribution in [3.8, 4) is 5.75 Å². The summed E-state index contributed by atoms with van der Waals surface area (Å²) in [5.74, 6) is 0.946. The van der Waals surface area contributed by atoms with E-state index in [1.54, 1.807) is 25.6 Å². The quantitative estimate of drug-likeness (QED) is 0.787. The molecule has 0 saturated carbocycles. The number of halogens is 1. The van der Waals surface area contributed by atoms with Gasteiger partial charge >= 0.3 is 0 Å². The number of hydrazone groups is 1. The molecule has 26 heavy (non-hydrogen) atoms. The van der Waals surface area contributed by atoms with E-state index in [1.807, 2.05) is 36.4 Å². The maximum Gasteiger partial charge on any atom is 0.155 e. The summed E-state index contributed by atoms with van der Waals surface area (Å²) in [5.41, 5.74) is 6.45. The van der Waals surface area contributed by atoms with Gasteiger partial charge in [-0.05, 0) is 54.6 Å². The first-order valence-electron chi connectivity index (χ1n) is 8.02. The minimum atomic E-state index is -0.343. The first-order chi connectivity index (χ1) is 12.7. The van der Waals surface area contributed by atoms with Crippen molar-refractivity contribution in [3.05, 3.63) is 89.5 Å². The summed E-state index contributed by atoms with van der Waals surface area (Å²) in [7, 11) is 1.61. The summed E-state index contributed by atoms with van der Waals surface area (Å²) >= 11 is 0. The predicted molar refractivity (Wildman–Crippen MR) is 98.6 cm³/mol. The molecular weight excluding hydrogens is 331 g/mol. The molecule has 1 N–H and O–H groups in total. The van der Waals surface area contributed by atoms with Crippen molar-refractivity contribution in [2.45, 2.75) is 0 Å². The van der Waals surface area contributed by atoms with Gasteiger partial charge < -0.3 is 4.74 Å². The Morgan fingerprint density at radius 2 is 1.85 bits per heavy atom. The lowest BCUT2D eigenvalue weighted by atomic mass is 10.0. The first kappa shape index (κ1) is 16.0. The summed E-state index contributed by atoms with van der Waals surface area (Å²) in [6, 6.07) is 15.6. The smallest absolute Gasteiger partial charge is 0.155 e. The van der Waals surface area contributed by atoms with Crippen LogP contribution >= 0.6 is 0 Å². The Balaban J connectivity index is 1.84. The molecule has 3 aromatic rings. The van der Waals surface area contributed by atoms with Crippen LogP contribution < -0.4 is 10.2 Å². The van der Waals surface area contributed by atoms with E-state index < -0.39 is 0 Å². The maximum absolute atomic E-state index is 13.9. The van der Waals surface area contributed by atoms with Crippen LogP contribution in [0.4, 0.5) is 10.1 Å². The van der Waals surface area contributed by atoms with Gasteiger partial charge in [0.2, 0.25) is 0 Å². The molecule has 0 saturated heterocycles. The van der Waals surface area contributed by atoms with Gasteiger partial charge in [0.05, 0.1) is 12.8 Å². The number of fused-ring (bicyclic) bond motifs is 1. The Kier molecular flexibility index (Phi) is 4.15. The van der Waals surface area contributed by atoms with Crippen molar-refractivity contribution in [2.24, 2.45) is 10.1 Å². The molecule has 1 aliphatic heterocycles. The minimum Gasteiger partial charge on any atom is -0.497 e. The standard InChI is InChI=1S/C20H15FN4O/c1-26-16-7-4-13(5-8-16)19-17-11-15(21)6-9-18(17)23-20(25-24-19)14-3-2-10-22-12-14/h2-12H,1H3,(H,23,25). The highest BCUT2D eigenvalue weighted by atomic mass is 19.1. The number of nitrogens with zero attached hydrogens (tertiary/aromatic N) is 3. The van der Waals surface area contributed by atoms with Crippen molar-refractivity contribution < 1.29 is 9.13 Å². The van der Waals surface area contributed by atoms with Gasteiger partial charge in [-0.1, -0.05) is 0 Å². The lowest BCUT2D eigenvalue weighted by Gasteiger charge is -2.08.